The van der Waals surface area contributed by atoms with Crippen LogP contribution in [0.25, 0.3) is 0 Å². The molecule has 31 heavy (non-hydrogen) atoms. The molecule has 0 bridgehead atoms. The predicted octanol–water partition coefficient (Wildman–Crippen LogP) is 5.55. The summed E-state index contributed by atoms with van der Waals surface area (Å²) < 4.78 is 13.1. The summed E-state index contributed by atoms with van der Waals surface area (Å²) in [6.07, 6.45) is 4.02. The van der Waals surface area contributed by atoms with Crippen molar-refractivity contribution in [3.63, 3.8) is 0 Å². The van der Waals surface area contributed by atoms with Gasteiger partial charge in [0.25, 0.3) is 5.91 Å². The number of hydrogen-bond donors (Lipinski definition) is 0. The maximum absolute atomic E-state index is 13.4. The van der Waals surface area contributed by atoms with Gasteiger partial charge < -0.3 is 14.0 Å². The molecule has 0 radical (unpaired) electrons. The number of methoxy groups -OCH3 is 1. The van der Waals surface area contributed by atoms with Crippen molar-refractivity contribution >= 4 is 17.3 Å². The molecule has 0 spiro atoms. The maximum atomic E-state index is 13.4. The minimum absolute atomic E-state index is 0.116. The van der Waals surface area contributed by atoms with E-state index >= 15 is 0 Å². The first-order valence-electron chi connectivity index (χ1n) is 10.1. The van der Waals surface area contributed by atoms with Gasteiger partial charge in [-0.1, -0.05) is 18.2 Å². The number of carbonyl (C=O) groups is 1. The monoisotopic (exact) mass is 412 g/mol. The average molecular weight is 412 g/mol. The first kappa shape index (κ1) is 20.3. The van der Waals surface area contributed by atoms with Crippen LogP contribution in [0.4, 0.5) is 11.4 Å². The van der Waals surface area contributed by atoms with E-state index in [-0.39, 0.29) is 5.91 Å². The summed E-state index contributed by atoms with van der Waals surface area (Å²) in [4.78, 5) is 15.1. The number of ether oxygens (including phenoxy) is 2. The van der Waals surface area contributed by atoms with Crippen molar-refractivity contribution in [2.24, 2.45) is 0 Å². The molecule has 3 aromatic carbocycles. The van der Waals surface area contributed by atoms with Crippen LogP contribution in [0.2, 0.25) is 0 Å². The lowest BCUT2D eigenvalue weighted by Crippen LogP contribution is -2.25. The number of para-hydroxylation sites is 1. The summed E-state index contributed by atoms with van der Waals surface area (Å²) in [6, 6.07) is 28.3. The molecule has 5 nitrogen and oxygen atoms in total. The fraction of sp³-hybridized carbons (Fsp3) is 0.115. The summed E-state index contributed by atoms with van der Waals surface area (Å²) in [7, 11) is 1.61. The first-order valence-corrected chi connectivity index (χ1v) is 10.1. The average Bonchev–Trinajstić information content (AvgIpc) is 3.34. The molecule has 0 aliphatic heterocycles. The maximum Gasteiger partial charge on any atom is 0.262 e. The van der Waals surface area contributed by atoms with E-state index in [9.17, 15) is 4.79 Å². The summed E-state index contributed by atoms with van der Waals surface area (Å²) in [5, 5.41) is 0. The fourth-order valence-electron chi connectivity index (χ4n) is 3.30. The van der Waals surface area contributed by atoms with Gasteiger partial charge in [0, 0.05) is 29.3 Å². The number of rotatable bonds is 8. The molecule has 156 valence electrons. The lowest BCUT2D eigenvalue weighted by molar-refractivity contribution is 0.0999. The van der Waals surface area contributed by atoms with Gasteiger partial charge >= 0.3 is 0 Å². The minimum atomic E-state index is -0.116. The molecule has 0 saturated heterocycles. The van der Waals surface area contributed by atoms with Gasteiger partial charge in [0.2, 0.25) is 0 Å². The number of nitrogens with zero attached hydrogens (tertiary/aromatic N) is 2. The second-order valence-electron chi connectivity index (χ2n) is 6.97. The molecule has 0 fully saturated rings. The lowest BCUT2D eigenvalue weighted by Gasteiger charge is -2.23. The molecule has 0 aliphatic carbocycles. The van der Waals surface area contributed by atoms with Crippen molar-refractivity contribution in [1.82, 2.24) is 4.57 Å². The topological polar surface area (TPSA) is 43.7 Å². The van der Waals surface area contributed by atoms with Crippen molar-refractivity contribution in [3.05, 3.63) is 109 Å². The second kappa shape index (κ2) is 9.67. The van der Waals surface area contributed by atoms with E-state index in [1.807, 2.05) is 79.1 Å². The van der Waals surface area contributed by atoms with Crippen LogP contribution in [0.15, 0.2) is 103 Å². The fourth-order valence-corrected chi connectivity index (χ4v) is 3.30. The van der Waals surface area contributed by atoms with E-state index in [4.69, 9.17) is 9.47 Å². The standard InChI is InChI=1S/C26H24N2O3/c1-30-24-13-9-21(10-14-24)26(29)28(22-7-3-2-4-8-22)23-11-15-25(16-12-23)31-20-19-27-17-5-6-18-27/h2-18H,19-20H2,1H3. The Balaban J connectivity index is 1.54. The van der Waals surface area contributed by atoms with Crippen molar-refractivity contribution in [2.45, 2.75) is 6.54 Å². The lowest BCUT2D eigenvalue weighted by atomic mass is 10.1. The van der Waals surface area contributed by atoms with Crippen LogP contribution in [-0.2, 0) is 6.54 Å². The van der Waals surface area contributed by atoms with Gasteiger partial charge in [-0.25, -0.2) is 0 Å². The van der Waals surface area contributed by atoms with Crippen molar-refractivity contribution in [1.29, 1.82) is 0 Å². The first-order chi connectivity index (χ1) is 15.2. The Morgan fingerprint density at radius 3 is 2.03 bits per heavy atom. The van der Waals surface area contributed by atoms with E-state index in [1.165, 1.54) is 0 Å². The Kier molecular flexibility index (Phi) is 6.33. The molecule has 1 amide bonds. The highest BCUT2D eigenvalue weighted by atomic mass is 16.5. The number of aromatic nitrogens is 1. The molecule has 1 aromatic heterocycles. The number of hydrogen-bond acceptors (Lipinski definition) is 3. The molecule has 1 heterocycles. The molecular weight excluding hydrogens is 388 g/mol. The second-order valence-corrected chi connectivity index (χ2v) is 6.97. The van der Waals surface area contributed by atoms with Crippen molar-refractivity contribution in [3.8, 4) is 11.5 Å². The van der Waals surface area contributed by atoms with Gasteiger partial charge in [-0.3, -0.25) is 9.69 Å². The zero-order valence-electron chi connectivity index (χ0n) is 17.3. The Labute approximate surface area is 182 Å². The number of carbonyl (C=O) groups excluding carboxylic acids is 1. The van der Waals surface area contributed by atoms with Gasteiger partial charge in [-0.2, -0.15) is 0 Å². The van der Waals surface area contributed by atoms with Crippen molar-refractivity contribution in [2.75, 3.05) is 18.6 Å². The third kappa shape index (κ3) is 4.95. The third-order valence-corrected chi connectivity index (χ3v) is 4.93. The van der Waals surface area contributed by atoms with Gasteiger partial charge in [-0.15, -0.1) is 0 Å². The van der Waals surface area contributed by atoms with E-state index in [1.54, 1.807) is 36.3 Å². The van der Waals surface area contributed by atoms with Gasteiger partial charge in [0.1, 0.15) is 18.1 Å². The number of amides is 1. The summed E-state index contributed by atoms with van der Waals surface area (Å²) in [5.41, 5.74) is 2.14. The molecule has 0 atom stereocenters. The molecular formula is C26H24N2O3. The summed E-state index contributed by atoms with van der Waals surface area (Å²) in [5.74, 6) is 1.36. The van der Waals surface area contributed by atoms with Crippen LogP contribution < -0.4 is 14.4 Å². The largest absolute Gasteiger partial charge is 0.497 e. The SMILES string of the molecule is COc1ccc(C(=O)N(c2ccccc2)c2ccc(OCCn3cccc3)cc2)cc1. The third-order valence-electron chi connectivity index (χ3n) is 4.93. The van der Waals surface area contributed by atoms with Crippen LogP contribution in [0, 0.1) is 0 Å². The normalized spacial score (nSPS) is 10.5. The van der Waals surface area contributed by atoms with Gasteiger partial charge in [0.15, 0.2) is 0 Å². The number of anilines is 2. The molecule has 0 N–H and O–H groups in total. The zero-order chi connectivity index (χ0) is 21.5. The van der Waals surface area contributed by atoms with Crippen LogP contribution in [0.3, 0.4) is 0 Å². The Morgan fingerprint density at radius 2 is 1.39 bits per heavy atom. The van der Waals surface area contributed by atoms with Gasteiger partial charge in [-0.05, 0) is 72.8 Å². The highest BCUT2D eigenvalue weighted by Crippen LogP contribution is 2.29. The highest BCUT2D eigenvalue weighted by Gasteiger charge is 2.20. The van der Waals surface area contributed by atoms with E-state index < -0.39 is 0 Å². The van der Waals surface area contributed by atoms with Crippen LogP contribution in [-0.4, -0.2) is 24.2 Å². The Hall–Kier alpha value is -3.99. The molecule has 0 unspecified atom stereocenters. The molecule has 0 saturated carbocycles. The smallest absolute Gasteiger partial charge is 0.262 e. The predicted molar refractivity (Wildman–Crippen MR) is 122 cm³/mol. The van der Waals surface area contributed by atoms with Crippen LogP contribution in [0.1, 0.15) is 10.4 Å². The molecule has 0 aliphatic rings. The summed E-state index contributed by atoms with van der Waals surface area (Å²) >= 11 is 0. The van der Waals surface area contributed by atoms with Crippen LogP contribution >= 0.6 is 0 Å². The van der Waals surface area contributed by atoms with Crippen LogP contribution in [0.5, 0.6) is 11.5 Å². The van der Waals surface area contributed by atoms with Crippen molar-refractivity contribution < 1.29 is 14.3 Å². The molecule has 4 aromatic rings. The van der Waals surface area contributed by atoms with Gasteiger partial charge in [0.05, 0.1) is 13.7 Å². The highest BCUT2D eigenvalue weighted by molar-refractivity contribution is 6.10. The van der Waals surface area contributed by atoms with E-state index in [2.05, 4.69) is 4.57 Å². The molecule has 5 heteroatoms. The zero-order valence-corrected chi connectivity index (χ0v) is 17.3. The quantitative estimate of drug-likeness (QED) is 0.381. The number of benzene rings is 3. The summed E-state index contributed by atoms with van der Waals surface area (Å²) in [6.45, 7) is 1.35. The molecule has 4 rings (SSSR count). The Bertz CT molecular complexity index is 1090. The van der Waals surface area contributed by atoms with E-state index in [0.717, 1.165) is 23.7 Å². The van der Waals surface area contributed by atoms with E-state index in [0.29, 0.717) is 17.9 Å². The minimum Gasteiger partial charge on any atom is -0.497 e. The Morgan fingerprint density at radius 1 is 0.774 bits per heavy atom.